The highest BCUT2D eigenvalue weighted by atomic mass is 35.5. The Morgan fingerprint density at radius 2 is 1.97 bits per heavy atom. The molecule has 0 aliphatic rings. The molecule has 0 bridgehead atoms. The Balaban J connectivity index is 1.67. The monoisotopic (exact) mass is 458 g/mol. The van der Waals surface area contributed by atoms with E-state index in [2.05, 4.69) is 22.1 Å². The molecule has 1 amide bonds. The van der Waals surface area contributed by atoms with E-state index < -0.39 is 0 Å². The molecule has 7 nitrogen and oxygen atoms in total. The number of methoxy groups -OCH3 is 2. The van der Waals surface area contributed by atoms with E-state index in [0.29, 0.717) is 40.3 Å². The van der Waals surface area contributed by atoms with Crippen LogP contribution in [0.3, 0.4) is 0 Å². The van der Waals surface area contributed by atoms with Crippen molar-refractivity contribution in [2.45, 2.75) is 18.1 Å². The van der Waals surface area contributed by atoms with E-state index in [-0.39, 0.29) is 11.7 Å². The summed E-state index contributed by atoms with van der Waals surface area (Å²) in [6.45, 7) is 4.36. The molecule has 0 saturated carbocycles. The van der Waals surface area contributed by atoms with Crippen molar-refractivity contribution in [1.29, 1.82) is 0 Å². The molecule has 0 aliphatic carbocycles. The molecule has 0 fully saturated rings. The van der Waals surface area contributed by atoms with Gasteiger partial charge in [0.25, 0.3) is 0 Å². The molecule has 0 spiro atoms. The molecule has 31 heavy (non-hydrogen) atoms. The van der Waals surface area contributed by atoms with Gasteiger partial charge >= 0.3 is 0 Å². The van der Waals surface area contributed by atoms with Crippen molar-refractivity contribution in [2.75, 3.05) is 25.3 Å². The molecule has 0 radical (unpaired) electrons. The van der Waals surface area contributed by atoms with Crippen LogP contribution < -0.4 is 14.8 Å². The summed E-state index contributed by atoms with van der Waals surface area (Å²) in [7, 11) is 3.11. The van der Waals surface area contributed by atoms with Gasteiger partial charge in [-0.2, -0.15) is 0 Å². The number of rotatable bonds is 10. The SMILES string of the molecule is C=CCn1c(Cc2ccc(Cl)cc2)nnc1SCC(=O)Nc1ccc(OC)cc1OC. The number of hydrogen-bond donors (Lipinski definition) is 1. The highest BCUT2D eigenvalue weighted by Crippen LogP contribution is 2.29. The summed E-state index contributed by atoms with van der Waals surface area (Å²) < 4.78 is 12.5. The lowest BCUT2D eigenvalue weighted by Crippen LogP contribution is -2.15. The van der Waals surface area contributed by atoms with Crippen LogP contribution in [0.25, 0.3) is 0 Å². The molecule has 0 aliphatic heterocycles. The van der Waals surface area contributed by atoms with Crippen LogP contribution in [0.15, 0.2) is 60.3 Å². The molecule has 1 N–H and O–H groups in total. The van der Waals surface area contributed by atoms with Crippen LogP contribution >= 0.6 is 23.4 Å². The predicted octanol–water partition coefficient (Wildman–Crippen LogP) is 4.46. The summed E-state index contributed by atoms with van der Waals surface area (Å²) in [6.07, 6.45) is 2.38. The molecule has 0 saturated heterocycles. The first-order valence-electron chi connectivity index (χ1n) is 9.46. The number of anilines is 1. The minimum Gasteiger partial charge on any atom is -0.497 e. The van der Waals surface area contributed by atoms with Crippen LogP contribution in [0.4, 0.5) is 5.69 Å². The van der Waals surface area contributed by atoms with E-state index in [1.54, 1.807) is 38.5 Å². The van der Waals surface area contributed by atoms with Crippen molar-refractivity contribution in [3.63, 3.8) is 0 Å². The van der Waals surface area contributed by atoms with Gasteiger partial charge in [0.1, 0.15) is 17.3 Å². The second kappa shape index (κ2) is 10.9. The zero-order valence-electron chi connectivity index (χ0n) is 17.3. The quantitative estimate of drug-likeness (QED) is 0.357. The predicted molar refractivity (Wildman–Crippen MR) is 123 cm³/mol. The van der Waals surface area contributed by atoms with E-state index in [1.807, 2.05) is 28.8 Å². The maximum Gasteiger partial charge on any atom is 0.234 e. The van der Waals surface area contributed by atoms with Gasteiger partial charge in [0, 0.05) is 24.1 Å². The van der Waals surface area contributed by atoms with Crippen molar-refractivity contribution < 1.29 is 14.3 Å². The third kappa shape index (κ3) is 6.02. The second-order valence-corrected chi connectivity index (χ2v) is 7.88. The average Bonchev–Trinajstić information content (AvgIpc) is 3.15. The van der Waals surface area contributed by atoms with Gasteiger partial charge in [-0.1, -0.05) is 41.6 Å². The molecule has 1 heterocycles. The number of allylic oxidation sites excluding steroid dienone is 1. The van der Waals surface area contributed by atoms with Crippen LogP contribution in [-0.4, -0.2) is 40.6 Å². The van der Waals surface area contributed by atoms with Crippen LogP contribution in [0.2, 0.25) is 5.02 Å². The molecule has 3 aromatic rings. The number of carbonyl (C=O) groups excluding carboxylic acids is 1. The number of halogens is 1. The highest BCUT2D eigenvalue weighted by Gasteiger charge is 2.15. The van der Waals surface area contributed by atoms with Gasteiger partial charge in [-0.15, -0.1) is 16.8 Å². The Bertz CT molecular complexity index is 1050. The van der Waals surface area contributed by atoms with Gasteiger partial charge < -0.3 is 19.4 Å². The van der Waals surface area contributed by atoms with E-state index in [9.17, 15) is 4.79 Å². The first-order chi connectivity index (χ1) is 15.0. The lowest BCUT2D eigenvalue weighted by atomic mass is 10.1. The van der Waals surface area contributed by atoms with Crippen molar-refractivity contribution in [3.8, 4) is 11.5 Å². The molecular weight excluding hydrogens is 436 g/mol. The molecule has 3 rings (SSSR count). The van der Waals surface area contributed by atoms with E-state index in [0.717, 1.165) is 11.4 Å². The van der Waals surface area contributed by atoms with Crippen molar-refractivity contribution >= 4 is 35.0 Å². The van der Waals surface area contributed by atoms with Crippen LogP contribution in [0, 0.1) is 0 Å². The first-order valence-corrected chi connectivity index (χ1v) is 10.8. The first kappa shape index (κ1) is 22.7. The third-order valence-electron chi connectivity index (χ3n) is 4.40. The lowest BCUT2D eigenvalue weighted by molar-refractivity contribution is -0.113. The Morgan fingerprint density at radius 3 is 2.65 bits per heavy atom. The summed E-state index contributed by atoms with van der Waals surface area (Å²) in [5.41, 5.74) is 1.65. The maximum absolute atomic E-state index is 12.5. The fraction of sp³-hybridized carbons (Fsp3) is 0.227. The van der Waals surface area contributed by atoms with Gasteiger partial charge in [-0.05, 0) is 29.8 Å². The fourth-order valence-corrected chi connectivity index (χ4v) is 3.76. The number of nitrogens with one attached hydrogen (secondary N) is 1. The second-order valence-electron chi connectivity index (χ2n) is 6.50. The fourth-order valence-electron chi connectivity index (χ4n) is 2.87. The van der Waals surface area contributed by atoms with Gasteiger partial charge in [-0.3, -0.25) is 4.79 Å². The maximum atomic E-state index is 12.5. The van der Waals surface area contributed by atoms with Gasteiger partial charge in [0.05, 0.1) is 25.7 Å². The molecular formula is C22H23ClN4O3S. The summed E-state index contributed by atoms with van der Waals surface area (Å²) in [4.78, 5) is 12.5. The zero-order chi connectivity index (χ0) is 22.2. The Hall–Kier alpha value is -2.97. The number of carbonyl (C=O) groups is 1. The average molecular weight is 459 g/mol. The summed E-state index contributed by atoms with van der Waals surface area (Å²) >= 11 is 7.27. The van der Waals surface area contributed by atoms with E-state index in [4.69, 9.17) is 21.1 Å². The number of benzene rings is 2. The Morgan fingerprint density at radius 1 is 1.19 bits per heavy atom. The van der Waals surface area contributed by atoms with Crippen molar-refractivity contribution in [3.05, 3.63) is 71.5 Å². The summed E-state index contributed by atoms with van der Waals surface area (Å²) in [6, 6.07) is 12.8. The Labute approximate surface area is 190 Å². The molecule has 2 aromatic carbocycles. The summed E-state index contributed by atoms with van der Waals surface area (Å²) in [5, 5.41) is 12.8. The van der Waals surface area contributed by atoms with E-state index in [1.165, 1.54) is 11.8 Å². The van der Waals surface area contributed by atoms with Crippen LogP contribution in [0.5, 0.6) is 11.5 Å². The number of aromatic nitrogens is 3. The molecule has 162 valence electrons. The zero-order valence-corrected chi connectivity index (χ0v) is 18.9. The normalized spacial score (nSPS) is 10.5. The van der Waals surface area contributed by atoms with Gasteiger partial charge in [0.2, 0.25) is 5.91 Å². The number of ether oxygens (including phenoxy) is 2. The van der Waals surface area contributed by atoms with Gasteiger partial charge in [0.15, 0.2) is 5.16 Å². The van der Waals surface area contributed by atoms with E-state index >= 15 is 0 Å². The topological polar surface area (TPSA) is 78.3 Å². The number of amides is 1. The molecule has 0 atom stereocenters. The van der Waals surface area contributed by atoms with Crippen molar-refractivity contribution in [1.82, 2.24) is 14.8 Å². The number of thioether (sulfide) groups is 1. The molecule has 0 unspecified atom stereocenters. The van der Waals surface area contributed by atoms with Crippen LogP contribution in [0.1, 0.15) is 11.4 Å². The minimum atomic E-state index is -0.180. The standard InChI is InChI=1S/C22H23ClN4O3S/c1-4-11-27-20(12-15-5-7-16(23)8-6-15)25-26-22(27)31-14-21(28)24-18-10-9-17(29-2)13-19(18)30-3/h4-10,13H,1,11-12,14H2,2-3H3,(H,24,28). The van der Waals surface area contributed by atoms with Crippen molar-refractivity contribution in [2.24, 2.45) is 0 Å². The largest absolute Gasteiger partial charge is 0.497 e. The van der Waals surface area contributed by atoms with Gasteiger partial charge in [-0.25, -0.2) is 0 Å². The molecule has 9 heteroatoms. The number of hydrogen-bond acceptors (Lipinski definition) is 6. The van der Waals surface area contributed by atoms with Crippen LogP contribution in [-0.2, 0) is 17.8 Å². The highest BCUT2D eigenvalue weighted by molar-refractivity contribution is 7.99. The summed E-state index contributed by atoms with van der Waals surface area (Å²) in [5.74, 6) is 1.96. The number of nitrogens with zero attached hydrogens (tertiary/aromatic N) is 3. The minimum absolute atomic E-state index is 0.172. The molecule has 1 aromatic heterocycles. The lowest BCUT2D eigenvalue weighted by Gasteiger charge is -2.12. The third-order valence-corrected chi connectivity index (χ3v) is 5.61. The Kier molecular flexibility index (Phi) is 7.97. The smallest absolute Gasteiger partial charge is 0.234 e.